The summed E-state index contributed by atoms with van der Waals surface area (Å²) in [5.41, 5.74) is 0.662. The number of thioether (sulfide) groups is 1. The number of benzene rings is 2. The first-order valence-electron chi connectivity index (χ1n) is 9.85. The number of halogens is 3. The summed E-state index contributed by atoms with van der Waals surface area (Å²) in [5.74, 6) is -0.400. The fourth-order valence-electron chi connectivity index (χ4n) is 2.86. The Morgan fingerprint density at radius 3 is 2.29 bits per heavy atom. The van der Waals surface area contributed by atoms with Crippen LogP contribution in [0.3, 0.4) is 0 Å². The standard InChI is InChI=1S/C23H27Cl2FN2O2S/c1-15(22(30)27-23(2,3)4)28(12-17-18(24)9-7-10-19(17)25)21(29)14-31-13-16-8-5-6-11-20(16)26/h5-11,15H,12-14H2,1-4H3,(H,27,30)/t15-/m0/s1. The van der Waals surface area contributed by atoms with Crippen LogP contribution in [0, 0.1) is 5.82 Å². The zero-order valence-electron chi connectivity index (χ0n) is 18.0. The first-order valence-corrected chi connectivity index (χ1v) is 11.8. The van der Waals surface area contributed by atoms with E-state index in [1.807, 2.05) is 20.8 Å². The van der Waals surface area contributed by atoms with E-state index in [1.165, 1.54) is 22.7 Å². The minimum atomic E-state index is -0.742. The van der Waals surface area contributed by atoms with Gasteiger partial charge < -0.3 is 10.2 Å². The Hall–Kier alpha value is -1.76. The van der Waals surface area contributed by atoms with Crippen molar-refractivity contribution < 1.29 is 14.0 Å². The van der Waals surface area contributed by atoms with E-state index in [2.05, 4.69) is 5.32 Å². The van der Waals surface area contributed by atoms with Crippen LogP contribution in [0.1, 0.15) is 38.8 Å². The quantitative estimate of drug-likeness (QED) is 0.522. The van der Waals surface area contributed by atoms with Gasteiger partial charge in [0, 0.05) is 33.4 Å². The summed E-state index contributed by atoms with van der Waals surface area (Å²) in [7, 11) is 0. The molecule has 4 nitrogen and oxygen atoms in total. The molecular weight excluding hydrogens is 458 g/mol. The Bertz CT molecular complexity index is 914. The molecule has 1 atom stereocenters. The van der Waals surface area contributed by atoms with Gasteiger partial charge in [-0.05, 0) is 51.5 Å². The van der Waals surface area contributed by atoms with Crippen molar-refractivity contribution in [3.8, 4) is 0 Å². The van der Waals surface area contributed by atoms with Gasteiger partial charge in [0.05, 0.1) is 5.75 Å². The lowest BCUT2D eigenvalue weighted by Gasteiger charge is -2.32. The van der Waals surface area contributed by atoms with E-state index >= 15 is 0 Å². The van der Waals surface area contributed by atoms with Gasteiger partial charge in [-0.3, -0.25) is 9.59 Å². The van der Waals surface area contributed by atoms with Crippen LogP contribution < -0.4 is 5.32 Å². The molecule has 0 heterocycles. The third kappa shape index (κ3) is 7.70. The highest BCUT2D eigenvalue weighted by Gasteiger charge is 2.29. The second kappa shape index (κ2) is 11.2. The molecule has 0 aliphatic rings. The number of nitrogens with one attached hydrogen (secondary N) is 1. The fraction of sp³-hybridized carbons (Fsp3) is 0.391. The molecule has 2 rings (SSSR count). The predicted octanol–water partition coefficient (Wildman–Crippen LogP) is 5.70. The highest BCUT2D eigenvalue weighted by Crippen LogP contribution is 2.27. The lowest BCUT2D eigenvalue weighted by Crippen LogP contribution is -2.52. The number of carbonyl (C=O) groups is 2. The molecule has 0 radical (unpaired) electrons. The Labute approximate surface area is 197 Å². The number of carbonyl (C=O) groups excluding carboxylic acids is 2. The van der Waals surface area contributed by atoms with Crippen LogP contribution in [0.2, 0.25) is 10.0 Å². The predicted molar refractivity (Wildman–Crippen MR) is 127 cm³/mol. The molecule has 0 spiro atoms. The molecule has 2 aromatic rings. The van der Waals surface area contributed by atoms with Crippen molar-refractivity contribution in [2.75, 3.05) is 5.75 Å². The molecule has 0 unspecified atom stereocenters. The maximum atomic E-state index is 13.8. The van der Waals surface area contributed by atoms with Gasteiger partial charge in [0.15, 0.2) is 0 Å². The summed E-state index contributed by atoms with van der Waals surface area (Å²) in [6.07, 6.45) is 0. The van der Waals surface area contributed by atoms with Crippen LogP contribution in [0.15, 0.2) is 42.5 Å². The summed E-state index contributed by atoms with van der Waals surface area (Å²) in [5, 5.41) is 3.75. The van der Waals surface area contributed by atoms with Crippen LogP contribution in [-0.4, -0.2) is 34.0 Å². The first-order chi connectivity index (χ1) is 14.5. The van der Waals surface area contributed by atoms with E-state index in [-0.39, 0.29) is 29.9 Å². The van der Waals surface area contributed by atoms with Crippen molar-refractivity contribution in [2.24, 2.45) is 0 Å². The smallest absolute Gasteiger partial charge is 0.242 e. The highest BCUT2D eigenvalue weighted by atomic mass is 35.5. The van der Waals surface area contributed by atoms with Gasteiger partial charge in [-0.25, -0.2) is 4.39 Å². The number of amides is 2. The first kappa shape index (κ1) is 25.5. The lowest BCUT2D eigenvalue weighted by atomic mass is 10.1. The minimum Gasteiger partial charge on any atom is -0.350 e. The molecule has 0 aliphatic heterocycles. The zero-order chi connectivity index (χ0) is 23.2. The monoisotopic (exact) mass is 484 g/mol. The molecule has 2 amide bonds. The molecule has 0 aromatic heterocycles. The second-order valence-electron chi connectivity index (χ2n) is 8.22. The third-order valence-electron chi connectivity index (χ3n) is 4.50. The van der Waals surface area contributed by atoms with Crippen molar-refractivity contribution in [1.82, 2.24) is 10.2 Å². The molecule has 168 valence electrons. The van der Waals surface area contributed by atoms with E-state index in [0.29, 0.717) is 26.9 Å². The molecule has 0 saturated carbocycles. The van der Waals surface area contributed by atoms with Gasteiger partial charge in [-0.15, -0.1) is 11.8 Å². The lowest BCUT2D eigenvalue weighted by molar-refractivity contribution is -0.139. The Morgan fingerprint density at radius 2 is 1.71 bits per heavy atom. The molecule has 0 fully saturated rings. The van der Waals surface area contributed by atoms with Crippen LogP contribution in [0.5, 0.6) is 0 Å². The zero-order valence-corrected chi connectivity index (χ0v) is 20.4. The number of rotatable bonds is 8. The molecule has 0 saturated heterocycles. The molecular formula is C23H27Cl2FN2O2S. The highest BCUT2D eigenvalue weighted by molar-refractivity contribution is 7.99. The van der Waals surface area contributed by atoms with Gasteiger partial charge in [-0.1, -0.05) is 47.5 Å². The normalized spacial score (nSPS) is 12.4. The number of hydrogen-bond donors (Lipinski definition) is 1. The fourth-order valence-corrected chi connectivity index (χ4v) is 4.27. The van der Waals surface area contributed by atoms with Gasteiger partial charge in [0.2, 0.25) is 11.8 Å². The van der Waals surface area contributed by atoms with Crippen molar-refractivity contribution in [3.05, 3.63) is 69.5 Å². The van der Waals surface area contributed by atoms with E-state index in [9.17, 15) is 14.0 Å². The largest absolute Gasteiger partial charge is 0.350 e. The topological polar surface area (TPSA) is 49.4 Å². The summed E-state index contributed by atoms with van der Waals surface area (Å²) < 4.78 is 13.8. The molecule has 1 N–H and O–H groups in total. The Balaban J connectivity index is 2.18. The summed E-state index contributed by atoms with van der Waals surface area (Å²) >= 11 is 13.9. The van der Waals surface area contributed by atoms with E-state index < -0.39 is 11.6 Å². The maximum absolute atomic E-state index is 13.8. The van der Waals surface area contributed by atoms with Crippen molar-refractivity contribution in [1.29, 1.82) is 0 Å². The average molecular weight is 485 g/mol. The summed E-state index contributed by atoms with van der Waals surface area (Å²) in [6.45, 7) is 7.39. The molecule has 0 bridgehead atoms. The Kier molecular flexibility index (Phi) is 9.22. The molecule has 8 heteroatoms. The van der Waals surface area contributed by atoms with Crippen LogP contribution >= 0.6 is 35.0 Å². The van der Waals surface area contributed by atoms with E-state index in [1.54, 1.807) is 43.3 Å². The molecule has 31 heavy (non-hydrogen) atoms. The summed E-state index contributed by atoms with van der Waals surface area (Å²) in [4.78, 5) is 27.3. The van der Waals surface area contributed by atoms with Crippen molar-refractivity contribution >= 4 is 46.8 Å². The molecule has 2 aromatic carbocycles. The minimum absolute atomic E-state index is 0.0868. The van der Waals surface area contributed by atoms with Crippen LogP contribution in [0.25, 0.3) is 0 Å². The number of nitrogens with zero attached hydrogens (tertiary/aromatic N) is 1. The van der Waals surface area contributed by atoms with Gasteiger partial charge >= 0.3 is 0 Å². The number of hydrogen-bond acceptors (Lipinski definition) is 3. The SMILES string of the molecule is C[C@@H](C(=O)NC(C)(C)C)N(Cc1c(Cl)cccc1Cl)C(=O)CSCc1ccccc1F. The van der Waals surface area contributed by atoms with Crippen LogP contribution in [-0.2, 0) is 21.9 Å². The van der Waals surface area contributed by atoms with E-state index in [0.717, 1.165) is 0 Å². The van der Waals surface area contributed by atoms with E-state index in [4.69, 9.17) is 23.2 Å². The summed E-state index contributed by atoms with van der Waals surface area (Å²) in [6, 6.07) is 10.8. The van der Waals surface area contributed by atoms with Gasteiger partial charge in [-0.2, -0.15) is 0 Å². The second-order valence-corrected chi connectivity index (χ2v) is 10.0. The average Bonchev–Trinajstić information content (AvgIpc) is 2.67. The van der Waals surface area contributed by atoms with Crippen LogP contribution in [0.4, 0.5) is 4.39 Å². The van der Waals surface area contributed by atoms with Crippen molar-refractivity contribution in [3.63, 3.8) is 0 Å². The van der Waals surface area contributed by atoms with Crippen molar-refractivity contribution in [2.45, 2.75) is 51.6 Å². The maximum Gasteiger partial charge on any atom is 0.242 e. The third-order valence-corrected chi connectivity index (χ3v) is 6.17. The molecule has 0 aliphatic carbocycles. The van der Waals surface area contributed by atoms with Gasteiger partial charge in [0.25, 0.3) is 0 Å². The van der Waals surface area contributed by atoms with Gasteiger partial charge in [0.1, 0.15) is 11.9 Å². The Morgan fingerprint density at radius 1 is 1.10 bits per heavy atom.